The van der Waals surface area contributed by atoms with Gasteiger partial charge in [0.1, 0.15) is 6.61 Å². The van der Waals surface area contributed by atoms with Crippen LogP contribution in [-0.4, -0.2) is 40.3 Å². The van der Waals surface area contributed by atoms with Crippen molar-refractivity contribution < 1.29 is 19.4 Å². The summed E-state index contributed by atoms with van der Waals surface area (Å²) in [6.07, 6.45) is 0.527. The lowest BCUT2D eigenvalue weighted by atomic mass is 10.2. The van der Waals surface area contributed by atoms with Gasteiger partial charge in [-0.25, -0.2) is 14.6 Å². The van der Waals surface area contributed by atoms with Crippen LogP contribution in [0.15, 0.2) is 12.7 Å². The summed E-state index contributed by atoms with van der Waals surface area (Å²) in [4.78, 5) is 28.7. The summed E-state index contributed by atoms with van der Waals surface area (Å²) < 4.78 is 4.78. The van der Waals surface area contributed by atoms with Crippen molar-refractivity contribution in [1.29, 1.82) is 0 Å². The summed E-state index contributed by atoms with van der Waals surface area (Å²) in [5.74, 6) is 0. The molecule has 8 heteroatoms. The number of fused-ring (bicyclic) bond motifs is 1. The number of carboxylic acid groups (broad SMARTS) is 1. The molecule has 1 aliphatic rings. The van der Waals surface area contributed by atoms with Crippen LogP contribution in [0.5, 0.6) is 0 Å². The number of anilines is 1. The molecular formula is C11H13N3O4S. The summed E-state index contributed by atoms with van der Waals surface area (Å²) in [5, 5.41) is 11.8. The molecule has 2 N–H and O–H groups in total. The van der Waals surface area contributed by atoms with E-state index in [9.17, 15) is 9.59 Å². The first-order valence-electron chi connectivity index (χ1n) is 5.61. The van der Waals surface area contributed by atoms with Gasteiger partial charge in [0.05, 0.1) is 12.2 Å². The third-order valence-electron chi connectivity index (χ3n) is 2.54. The molecule has 2 heterocycles. The van der Waals surface area contributed by atoms with Crippen molar-refractivity contribution >= 4 is 28.7 Å². The first kappa shape index (κ1) is 13.3. The molecule has 0 spiro atoms. The molecular weight excluding hydrogens is 270 g/mol. The van der Waals surface area contributed by atoms with Crippen LogP contribution in [0.4, 0.5) is 14.7 Å². The highest BCUT2D eigenvalue weighted by Gasteiger charge is 2.24. The van der Waals surface area contributed by atoms with Crippen LogP contribution >= 0.6 is 11.3 Å². The predicted molar refractivity (Wildman–Crippen MR) is 69.4 cm³/mol. The fourth-order valence-corrected chi connectivity index (χ4v) is 2.62. The van der Waals surface area contributed by atoms with Crippen molar-refractivity contribution in [3.8, 4) is 0 Å². The standard InChI is InChI=1S/C11H13N3O4S/c1-2-5-18-10(15)13-9-12-7-6-14(11(16)17)4-3-8(7)19-9/h2H,1,3-6H2,(H,16,17)(H,12,13,15). The molecule has 0 fully saturated rings. The number of hydrogen-bond donors (Lipinski definition) is 2. The molecule has 19 heavy (non-hydrogen) atoms. The van der Waals surface area contributed by atoms with Crippen molar-refractivity contribution in [3.05, 3.63) is 23.2 Å². The van der Waals surface area contributed by atoms with Crippen LogP contribution in [0.1, 0.15) is 10.6 Å². The number of hydrogen-bond acceptors (Lipinski definition) is 5. The van der Waals surface area contributed by atoms with E-state index >= 15 is 0 Å². The van der Waals surface area contributed by atoms with Gasteiger partial charge in [-0.15, -0.1) is 11.3 Å². The highest BCUT2D eigenvalue weighted by atomic mass is 32.1. The zero-order valence-corrected chi connectivity index (χ0v) is 10.9. The molecule has 102 valence electrons. The number of thiazole rings is 1. The number of carbonyl (C=O) groups is 2. The van der Waals surface area contributed by atoms with E-state index in [-0.39, 0.29) is 13.2 Å². The van der Waals surface area contributed by atoms with Gasteiger partial charge >= 0.3 is 12.2 Å². The molecule has 7 nitrogen and oxygen atoms in total. The summed E-state index contributed by atoms with van der Waals surface area (Å²) in [6.45, 7) is 4.27. The highest BCUT2D eigenvalue weighted by Crippen LogP contribution is 2.28. The molecule has 0 atom stereocenters. The summed E-state index contributed by atoms with van der Waals surface area (Å²) in [6, 6.07) is 0. The minimum absolute atomic E-state index is 0.129. The fourth-order valence-electron chi connectivity index (χ4n) is 1.67. The second-order valence-corrected chi connectivity index (χ2v) is 4.94. The molecule has 0 saturated carbocycles. The van der Waals surface area contributed by atoms with E-state index in [2.05, 4.69) is 16.9 Å². The van der Waals surface area contributed by atoms with E-state index in [0.29, 0.717) is 23.8 Å². The first-order valence-corrected chi connectivity index (χ1v) is 6.43. The fraction of sp³-hybridized carbons (Fsp3) is 0.364. The van der Waals surface area contributed by atoms with Gasteiger partial charge in [0, 0.05) is 17.8 Å². The average molecular weight is 283 g/mol. The monoisotopic (exact) mass is 283 g/mol. The van der Waals surface area contributed by atoms with Crippen LogP contribution in [0, 0.1) is 0 Å². The third-order valence-corrected chi connectivity index (χ3v) is 3.61. The van der Waals surface area contributed by atoms with Crippen molar-refractivity contribution in [1.82, 2.24) is 9.88 Å². The minimum atomic E-state index is -0.960. The van der Waals surface area contributed by atoms with Crippen LogP contribution < -0.4 is 5.32 Å². The van der Waals surface area contributed by atoms with Crippen LogP contribution in [0.3, 0.4) is 0 Å². The number of rotatable bonds is 3. The van der Waals surface area contributed by atoms with Gasteiger partial charge in [-0.05, 0) is 0 Å². The van der Waals surface area contributed by atoms with E-state index in [1.54, 1.807) is 0 Å². The quantitative estimate of drug-likeness (QED) is 0.827. The number of aromatic nitrogens is 1. The lowest BCUT2D eigenvalue weighted by Gasteiger charge is -2.22. The second kappa shape index (κ2) is 5.70. The number of nitrogens with one attached hydrogen (secondary N) is 1. The lowest BCUT2D eigenvalue weighted by Crippen LogP contribution is -2.34. The van der Waals surface area contributed by atoms with Crippen LogP contribution in [-0.2, 0) is 17.7 Å². The predicted octanol–water partition coefficient (Wildman–Crippen LogP) is 1.91. The van der Waals surface area contributed by atoms with Gasteiger partial charge in [-0.2, -0.15) is 0 Å². The van der Waals surface area contributed by atoms with E-state index in [4.69, 9.17) is 9.84 Å². The van der Waals surface area contributed by atoms with Gasteiger partial charge < -0.3 is 14.7 Å². The molecule has 2 amide bonds. The second-order valence-electron chi connectivity index (χ2n) is 3.86. The van der Waals surface area contributed by atoms with Gasteiger partial charge in [-0.3, -0.25) is 5.32 Å². The zero-order chi connectivity index (χ0) is 13.8. The Morgan fingerprint density at radius 2 is 2.42 bits per heavy atom. The van der Waals surface area contributed by atoms with Gasteiger partial charge in [-0.1, -0.05) is 12.7 Å². The number of nitrogens with zero attached hydrogens (tertiary/aromatic N) is 2. The Labute approximate surface area is 113 Å². The van der Waals surface area contributed by atoms with E-state index < -0.39 is 12.2 Å². The molecule has 0 radical (unpaired) electrons. The Hall–Kier alpha value is -2.09. The molecule has 2 rings (SSSR count). The minimum Gasteiger partial charge on any atom is -0.465 e. The molecule has 0 bridgehead atoms. The van der Waals surface area contributed by atoms with Gasteiger partial charge in [0.25, 0.3) is 0 Å². The maximum Gasteiger partial charge on any atom is 0.413 e. The smallest absolute Gasteiger partial charge is 0.413 e. The van der Waals surface area contributed by atoms with E-state index in [1.165, 1.54) is 22.3 Å². The number of ether oxygens (including phenoxy) is 1. The zero-order valence-electron chi connectivity index (χ0n) is 10.1. The van der Waals surface area contributed by atoms with Crippen molar-refractivity contribution in [2.45, 2.75) is 13.0 Å². The Morgan fingerprint density at radius 3 is 3.11 bits per heavy atom. The van der Waals surface area contributed by atoms with Crippen LogP contribution in [0.2, 0.25) is 0 Å². The third kappa shape index (κ3) is 3.22. The Bertz CT molecular complexity index is 514. The highest BCUT2D eigenvalue weighted by molar-refractivity contribution is 7.15. The average Bonchev–Trinajstić information content (AvgIpc) is 2.77. The molecule has 0 aromatic carbocycles. The summed E-state index contributed by atoms with van der Waals surface area (Å²) >= 11 is 1.34. The molecule has 1 aromatic rings. The van der Waals surface area contributed by atoms with Gasteiger partial charge in [0.2, 0.25) is 0 Å². The molecule has 0 unspecified atom stereocenters. The van der Waals surface area contributed by atoms with E-state index in [0.717, 1.165) is 4.88 Å². The Morgan fingerprint density at radius 1 is 1.63 bits per heavy atom. The number of carbonyl (C=O) groups excluding carboxylic acids is 1. The summed E-state index contributed by atoms with van der Waals surface area (Å²) in [5.41, 5.74) is 0.692. The lowest BCUT2D eigenvalue weighted by molar-refractivity contribution is 0.139. The van der Waals surface area contributed by atoms with Crippen LogP contribution in [0.25, 0.3) is 0 Å². The summed E-state index contributed by atoms with van der Waals surface area (Å²) in [7, 11) is 0. The van der Waals surface area contributed by atoms with Gasteiger partial charge in [0.15, 0.2) is 5.13 Å². The molecule has 0 saturated heterocycles. The first-order chi connectivity index (χ1) is 9.10. The Kier molecular flexibility index (Phi) is 4.00. The maximum absolute atomic E-state index is 11.3. The maximum atomic E-state index is 11.3. The molecule has 1 aliphatic heterocycles. The number of amides is 2. The van der Waals surface area contributed by atoms with Crippen molar-refractivity contribution in [2.75, 3.05) is 18.5 Å². The SMILES string of the molecule is C=CCOC(=O)Nc1nc2c(s1)CCN(C(=O)O)C2. The molecule has 0 aliphatic carbocycles. The Balaban J connectivity index is 2.01. The molecule has 1 aromatic heterocycles. The van der Waals surface area contributed by atoms with Crippen molar-refractivity contribution in [2.24, 2.45) is 0 Å². The normalized spacial score (nSPS) is 13.6. The topological polar surface area (TPSA) is 91.8 Å². The van der Waals surface area contributed by atoms with E-state index in [1.807, 2.05) is 0 Å². The largest absolute Gasteiger partial charge is 0.465 e. The van der Waals surface area contributed by atoms with Crippen molar-refractivity contribution in [3.63, 3.8) is 0 Å².